The summed E-state index contributed by atoms with van der Waals surface area (Å²) < 4.78 is 40.4. The number of halogens is 3. The van der Waals surface area contributed by atoms with Gasteiger partial charge in [-0.1, -0.05) is 37.8 Å². The summed E-state index contributed by atoms with van der Waals surface area (Å²) in [6.07, 6.45) is 2.75. The molecule has 1 saturated carbocycles. The van der Waals surface area contributed by atoms with Crippen LogP contribution >= 0.6 is 0 Å². The first-order valence-corrected chi connectivity index (χ1v) is 7.52. The van der Waals surface area contributed by atoms with Gasteiger partial charge >= 0.3 is 6.36 Å². The van der Waals surface area contributed by atoms with Crippen LogP contribution in [0.2, 0.25) is 0 Å². The van der Waals surface area contributed by atoms with Crippen LogP contribution in [-0.4, -0.2) is 13.4 Å². The van der Waals surface area contributed by atoms with E-state index in [4.69, 9.17) is 0 Å². The Hall–Kier alpha value is -1.23. The molecule has 1 N–H and O–H groups in total. The summed E-state index contributed by atoms with van der Waals surface area (Å²) in [6.45, 7) is 0. The van der Waals surface area contributed by atoms with Gasteiger partial charge in [-0.25, -0.2) is 0 Å². The molecular weight excluding hydrogens is 279 g/mol. The zero-order valence-corrected chi connectivity index (χ0v) is 12.2. The van der Waals surface area contributed by atoms with Gasteiger partial charge in [0.25, 0.3) is 0 Å². The summed E-state index contributed by atoms with van der Waals surface area (Å²) >= 11 is 0. The third-order valence-corrected chi connectivity index (χ3v) is 4.16. The molecule has 1 aliphatic rings. The number of rotatable bonds is 4. The van der Waals surface area contributed by atoms with E-state index in [9.17, 15) is 13.2 Å². The summed E-state index contributed by atoms with van der Waals surface area (Å²) in [7, 11) is 1.91. The average Bonchev–Trinajstić information content (AvgIpc) is 2.69. The lowest BCUT2D eigenvalue weighted by molar-refractivity contribution is -0.274. The largest absolute Gasteiger partial charge is 0.573 e. The lowest BCUT2D eigenvalue weighted by Crippen LogP contribution is -2.25. The Labute approximate surface area is 123 Å². The molecule has 0 bridgehead atoms. The summed E-state index contributed by atoms with van der Waals surface area (Å²) in [5.74, 6) is 0.383. The number of hydrogen-bond donors (Lipinski definition) is 1. The van der Waals surface area contributed by atoms with Crippen molar-refractivity contribution in [2.75, 3.05) is 7.05 Å². The number of ether oxygens (including phenoxy) is 1. The van der Waals surface area contributed by atoms with Gasteiger partial charge in [0.15, 0.2) is 0 Å². The summed E-state index contributed by atoms with van der Waals surface area (Å²) in [5.41, 5.74) is 1.03. The maximum absolute atomic E-state index is 12.2. The van der Waals surface area contributed by atoms with Gasteiger partial charge in [0.2, 0.25) is 0 Å². The summed E-state index contributed by atoms with van der Waals surface area (Å²) in [6, 6.07) is 6.44. The topological polar surface area (TPSA) is 21.3 Å². The first-order valence-electron chi connectivity index (χ1n) is 7.52. The third kappa shape index (κ3) is 4.92. The van der Waals surface area contributed by atoms with Crippen molar-refractivity contribution in [2.45, 2.75) is 50.9 Å². The van der Waals surface area contributed by atoms with Crippen LogP contribution in [0.15, 0.2) is 24.3 Å². The minimum atomic E-state index is -4.63. The lowest BCUT2D eigenvalue weighted by atomic mass is 9.87. The quantitative estimate of drug-likeness (QED) is 0.805. The van der Waals surface area contributed by atoms with Crippen molar-refractivity contribution in [3.8, 4) is 5.75 Å². The van der Waals surface area contributed by atoms with E-state index in [1.54, 1.807) is 12.1 Å². The van der Waals surface area contributed by atoms with Gasteiger partial charge in [-0.2, -0.15) is 0 Å². The van der Waals surface area contributed by atoms with Gasteiger partial charge in [0, 0.05) is 6.04 Å². The molecule has 2 rings (SSSR count). The number of hydrogen-bond acceptors (Lipinski definition) is 2. The summed E-state index contributed by atoms with van der Waals surface area (Å²) in [5, 5.41) is 3.32. The molecule has 0 spiro atoms. The first kappa shape index (κ1) is 16.1. The van der Waals surface area contributed by atoms with Gasteiger partial charge in [-0.3, -0.25) is 0 Å². The smallest absolute Gasteiger partial charge is 0.406 e. The highest BCUT2D eigenvalue weighted by atomic mass is 19.4. The van der Waals surface area contributed by atoms with Crippen molar-refractivity contribution in [1.29, 1.82) is 0 Å². The zero-order valence-electron chi connectivity index (χ0n) is 12.2. The van der Waals surface area contributed by atoms with Crippen molar-refractivity contribution in [3.63, 3.8) is 0 Å². The second-order valence-electron chi connectivity index (χ2n) is 5.63. The van der Waals surface area contributed by atoms with Crippen molar-refractivity contribution >= 4 is 0 Å². The zero-order chi connectivity index (χ0) is 15.3. The molecule has 21 heavy (non-hydrogen) atoms. The second kappa shape index (κ2) is 7.16. The normalized spacial score (nSPS) is 19.0. The van der Waals surface area contributed by atoms with E-state index >= 15 is 0 Å². The predicted octanol–water partition coefficient (Wildman–Crippen LogP) is 4.82. The highest BCUT2D eigenvalue weighted by molar-refractivity contribution is 5.29. The molecule has 1 aliphatic carbocycles. The van der Waals surface area contributed by atoms with Crippen LogP contribution in [-0.2, 0) is 0 Å². The van der Waals surface area contributed by atoms with Crippen molar-refractivity contribution in [1.82, 2.24) is 5.32 Å². The molecule has 0 radical (unpaired) electrons. The average molecular weight is 301 g/mol. The molecule has 1 unspecified atom stereocenters. The molecular formula is C16H22F3NO. The molecule has 1 aromatic carbocycles. The molecule has 2 nitrogen and oxygen atoms in total. The maximum Gasteiger partial charge on any atom is 0.573 e. The standard InChI is InChI=1S/C16H22F3NO/c1-20-15(12-6-4-2-3-5-7-12)13-8-10-14(11-9-13)21-16(17,18)19/h8-12,15,20H,2-7H2,1H3. The van der Waals surface area contributed by atoms with E-state index in [1.165, 1.54) is 50.7 Å². The molecule has 0 saturated heterocycles. The molecule has 1 aromatic rings. The Balaban J connectivity index is 2.07. The molecule has 5 heteroatoms. The number of alkyl halides is 3. The minimum absolute atomic E-state index is 0.165. The van der Waals surface area contributed by atoms with Crippen molar-refractivity contribution < 1.29 is 17.9 Å². The second-order valence-corrected chi connectivity index (χ2v) is 5.63. The van der Waals surface area contributed by atoms with E-state index in [0.29, 0.717) is 5.92 Å². The van der Waals surface area contributed by atoms with E-state index in [2.05, 4.69) is 10.1 Å². The Morgan fingerprint density at radius 2 is 1.62 bits per heavy atom. The van der Waals surface area contributed by atoms with Crippen LogP contribution in [0.1, 0.15) is 50.1 Å². The van der Waals surface area contributed by atoms with Gasteiger partial charge < -0.3 is 10.1 Å². The van der Waals surface area contributed by atoms with Gasteiger partial charge in [-0.05, 0) is 43.5 Å². The SMILES string of the molecule is CNC(c1ccc(OC(F)(F)F)cc1)C1CCCCCC1. The van der Waals surface area contributed by atoms with Gasteiger partial charge in [0.1, 0.15) is 5.75 Å². The predicted molar refractivity (Wildman–Crippen MR) is 76.1 cm³/mol. The molecule has 1 fully saturated rings. The Morgan fingerprint density at radius 3 is 2.10 bits per heavy atom. The number of nitrogens with one attached hydrogen (secondary N) is 1. The Bertz CT molecular complexity index is 422. The van der Waals surface area contributed by atoms with Crippen LogP contribution in [0.4, 0.5) is 13.2 Å². The molecule has 0 aliphatic heterocycles. The Kier molecular flexibility index (Phi) is 5.51. The Morgan fingerprint density at radius 1 is 1.05 bits per heavy atom. The fraction of sp³-hybridized carbons (Fsp3) is 0.625. The van der Waals surface area contributed by atoms with Crippen LogP contribution in [0, 0.1) is 5.92 Å². The van der Waals surface area contributed by atoms with E-state index in [-0.39, 0.29) is 11.8 Å². The molecule has 118 valence electrons. The maximum atomic E-state index is 12.2. The van der Waals surface area contributed by atoms with Crippen LogP contribution in [0.5, 0.6) is 5.75 Å². The monoisotopic (exact) mass is 301 g/mol. The van der Waals surface area contributed by atoms with E-state index in [0.717, 1.165) is 5.56 Å². The van der Waals surface area contributed by atoms with Crippen LogP contribution in [0.25, 0.3) is 0 Å². The van der Waals surface area contributed by atoms with Crippen molar-refractivity contribution in [3.05, 3.63) is 29.8 Å². The van der Waals surface area contributed by atoms with Crippen LogP contribution < -0.4 is 10.1 Å². The minimum Gasteiger partial charge on any atom is -0.406 e. The first-order chi connectivity index (χ1) is 9.99. The molecule has 0 heterocycles. The fourth-order valence-electron chi connectivity index (χ4n) is 3.20. The van der Waals surface area contributed by atoms with Crippen LogP contribution in [0.3, 0.4) is 0 Å². The highest BCUT2D eigenvalue weighted by Gasteiger charge is 2.31. The summed E-state index contributed by atoms with van der Waals surface area (Å²) in [4.78, 5) is 0. The lowest BCUT2D eigenvalue weighted by Gasteiger charge is -2.26. The fourth-order valence-corrected chi connectivity index (χ4v) is 3.20. The van der Waals surface area contributed by atoms with E-state index in [1.807, 2.05) is 7.05 Å². The molecule has 0 amide bonds. The molecule has 0 aromatic heterocycles. The van der Waals surface area contributed by atoms with Gasteiger partial charge in [0.05, 0.1) is 0 Å². The number of benzene rings is 1. The molecule has 1 atom stereocenters. The highest BCUT2D eigenvalue weighted by Crippen LogP contribution is 2.34. The van der Waals surface area contributed by atoms with E-state index < -0.39 is 6.36 Å². The third-order valence-electron chi connectivity index (χ3n) is 4.16. The van der Waals surface area contributed by atoms with Gasteiger partial charge in [-0.15, -0.1) is 13.2 Å². The van der Waals surface area contributed by atoms with Crippen molar-refractivity contribution in [2.24, 2.45) is 5.92 Å².